The maximum absolute atomic E-state index is 5.85. The summed E-state index contributed by atoms with van der Waals surface area (Å²) in [4.78, 5) is 7.16. The second-order valence-corrected chi connectivity index (χ2v) is 8.65. The topological polar surface area (TPSA) is 33.1 Å². The van der Waals surface area contributed by atoms with Gasteiger partial charge in [-0.2, -0.15) is 0 Å². The third-order valence-electron chi connectivity index (χ3n) is 6.21. The first-order chi connectivity index (χ1) is 13.0. The molecule has 0 amide bonds. The molecule has 0 bridgehead atoms. The van der Waals surface area contributed by atoms with Gasteiger partial charge in [-0.15, -0.1) is 0 Å². The Bertz CT molecular complexity index is 820. The van der Waals surface area contributed by atoms with Crippen LogP contribution in [0.5, 0.6) is 0 Å². The molecule has 0 aromatic carbocycles. The van der Waals surface area contributed by atoms with Crippen molar-refractivity contribution in [3.05, 3.63) is 53.1 Å². The largest absolute Gasteiger partial charge is 0.352 e. The van der Waals surface area contributed by atoms with Gasteiger partial charge in [0.25, 0.3) is 0 Å². The van der Waals surface area contributed by atoms with Gasteiger partial charge in [0.15, 0.2) is 5.11 Å². The molecule has 144 valence electrons. The molecule has 0 radical (unpaired) electrons. The monoisotopic (exact) mass is 382 g/mol. The number of nitrogens with zero attached hydrogens (tertiary/aromatic N) is 3. The summed E-state index contributed by atoms with van der Waals surface area (Å²) in [7, 11) is 0. The van der Waals surface area contributed by atoms with E-state index >= 15 is 0 Å². The molecule has 2 aromatic heterocycles. The highest BCUT2D eigenvalue weighted by Gasteiger charge is 2.44. The van der Waals surface area contributed by atoms with E-state index in [2.05, 4.69) is 65.7 Å². The first-order valence-corrected chi connectivity index (χ1v) is 10.6. The zero-order valence-corrected chi connectivity index (χ0v) is 17.6. The van der Waals surface area contributed by atoms with E-state index in [1.165, 1.54) is 42.6 Å². The van der Waals surface area contributed by atoms with Gasteiger partial charge in [0, 0.05) is 29.7 Å². The van der Waals surface area contributed by atoms with E-state index in [0.29, 0.717) is 12.1 Å². The Morgan fingerprint density at radius 2 is 1.93 bits per heavy atom. The molecule has 1 N–H and O–H groups in total. The van der Waals surface area contributed by atoms with Gasteiger partial charge >= 0.3 is 0 Å². The predicted octanol–water partition coefficient (Wildman–Crippen LogP) is 5.00. The lowest BCUT2D eigenvalue weighted by Crippen LogP contribution is -2.37. The Balaban J connectivity index is 1.82. The molecule has 1 saturated heterocycles. The number of thiocarbonyl (C=S) groups is 1. The van der Waals surface area contributed by atoms with E-state index in [1.54, 1.807) is 0 Å². The van der Waals surface area contributed by atoms with Crippen LogP contribution in [0.25, 0.3) is 0 Å². The molecule has 0 spiro atoms. The molecule has 3 heterocycles. The Kier molecular flexibility index (Phi) is 4.97. The average molecular weight is 383 g/mol. The minimum Gasteiger partial charge on any atom is -0.352 e. The van der Waals surface area contributed by atoms with Crippen molar-refractivity contribution < 1.29 is 0 Å². The van der Waals surface area contributed by atoms with Crippen LogP contribution in [0, 0.1) is 13.8 Å². The maximum atomic E-state index is 5.85. The Labute approximate surface area is 168 Å². The first-order valence-electron chi connectivity index (χ1n) is 10.2. The second kappa shape index (κ2) is 7.27. The number of pyridine rings is 1. The predicted molar refractivity (Wildman–Crippen MR) is 114 cm³/mol. The fourth-order valence-electron chi connectivity index (χ4n) is 5.17. The van der Waals surface area contributed by atoms with Gasteiger partial charge in [-0.3, -0.25) is 4.98 Å². The third-order valence-corrected chi connectivity index (χ3v) is 6.54. The zero-order valence-electron chi connectivity index (χ0n) is 16.8. The minimum absolute atomic E-state index is 0.0976. The van der Waals surface area contributed by atoms with E-state index in [0.717, 1.165) is 10.8 Å². The van der Waals surface area contributed by atoms with Crippen molar-refractivity contribution in [1.29, 1.82) is 0 Å². The third kappa shape index (κ3) is 3.16. The highest BCUT2D eigenvalue weighted by molar-refractivity contribution is 7.80. The Morgan fingerprint density at radius 3 is 2.52 bits per heavy atom. The van der Waals surface area contributed by atoms with Crippen molar-refractivity contribution in [3.8, 4) is 0 Å². The SMILES string of the molecule is Cc1cc([C@H]2[C@H](c3ccccn3)NC(=S)N2C2CCCC2)c(C)n1C(C)C. The number of hydrogen-bond donors (Lipinski definition) is 1. The molecule has 27 heavy (non-hydrogen) atoms. The number of aryl methyl sites for hydroxylation is 1. The molecular formula is C22H30N4S. The van der Waals surface area contributed by atoms with E-state index in [4.69, 9.17) is 12.2 Å². The molecule has 5 heteroatoms. The summed E-state index contributed by atoms with van der Waals surface area (Å²) in [6.07, 6.45) is 6.95. The fourth-order valence-corrected chi connectivity index (χ4v) is 5.56. The van der Waals surface area contributed by atoms with Crippen molar-refractivity contribution in [2.45, 2.75) is 77.5 Å². The molecule has 2 aliphatic rings. The van der Waals surface area contributed by atoms with Crippen LogP contribution in [-0.2, 0) is 0 Å². The van der Waals surface area contributed by atoms with Crippen LogP contribution in [-0.4, -0.2) is 25.6 Å². The van der Waals surface area contributed by atoms with Gasteiger partial charge in [0.1, 0.15) is 0 Å². The summed E-state index contributed by atoms with van der Waals surface area (Å²) in [5.41, 5.74) is 5.13. The van der Waals surface area contributed by atoms with Crippen LogP contribution >= 0.6 is 12.2 Å². The smallest absolute Gasteiger partial charge is 0.170 e. The van der Waals surface area contributed by atoms with Gasteiger partial charge in [0.05, 0.1) is 17.8 Å². The van der Waals surface area contributed by atoms with Crippen molar-refractivity contribution in [3.63, 3.8) is 0 Å². The van der Waals surface area contributed by atoms with Crippen LogP contribution < -0.4 is 5.32 Å². The van der Waals surface area contributed by atoms with Gasteiger partial charge < -0.3 is 14.8 Å². The quantitative estimate of drug-likeness (QED) is 0.755. The lowest BCUT2D eigenvalue weighted by Gasteiger charge is -2.33. The van der Waals surface area contributed by atoms with Gasteiger partial charge in [-0.25, -0.2) is 0 Å². The summed E-state index contributed by atoms with van der Waals surface area (Å²) in [6, 6.07) is 9.82. The van der Waals surface area contributed by atoms with Crippen molar-refractivity contribution in [2.24, 2.45) is 0 Å². The molecule has 2 fully saturated rings. The van der Waals surface area contributed by atoms with Gasteiger partial charge in [-0.1, -0.05) is 18.9 Å². The molecule has 0 unspecified atom stereocenters. The number of aromatic nitrogens is 2. The Hall–Kier alpha value is -1.88. The van der Waals surface area contributed by atoms with E-state index < -0.39 is 0 Å². The molecule has 1 aliphatic heterocycles. The van der Waals surface area contributed by atoms with Crippen molar-refractivity contribution in [1.82, 2.24) is 19.8 Å². The molecule has 4 nitrogen and oxygen atoms in total. The number of nitrogens with one attached hydrogen (secondary N) is 1. The highest BCUT2D eigenvalue weighted by Crippen LogP contribution is 2.44. The van der Waals surface area contributed by atoms with Crippen LogP contribution in [0.2, 0.25) is 0 Å². The highest BCUT2D eigenvalue weighted by atomic mass is 32.1. The lowest BCUT2D eigenvalue weighted by molar-refractivity contribution is 0.244. The standard InChI is InChI=1S/C22H30N4S/c1-14(2)25-15(3)13-18(16(25)4)21-20(19-11-7-8-12-23-19)24-22(27)26(21)17-9-5-6-10-17/h7-8,11-14,17,20-21H,5-6,9-10H2,1-4H3,(H,24,27)/t20-,21-/m0/s1. The molecule has 2 aromatic rings. The van der Waals surface area contributed by atoms with Crippen LogP contribution in [0.15, 0.2) is 30.5 Å². The molecule has 1 aliphatic carbocycles. The van der Waals surface area contributed by atoms with E-state index in [9.17, 15) is 0 Å². The van der Waals surface area contributed by atoms with Crippen LogP contribution in [0.4, 0.5) is 0 Å². The molecule has 4 rings (SSSR count). The summed E-state index contributed by atoms with van der Waals surface area (Å²) in [5.74, 6) is 0. The zero-order chi connectivity index (χ0) is 19.1. The fraction of sp³-hybridized carbons (Fsp3) is 0.545. The van der Waals surface area contributed by atoms with Crippen molar-refractivity contribution >= 4 is 17.3 Å². The Morgan fingerprint density at radius 1 is 1.19 bits per heavy atom. The summed E-state index contributed by atoms with van der Waals surface area (Å²) in [6.45, 7) is 8.98. The first kappa shape index (κ1) is 18.5. The maximum Gasteiger partial charge on any atom is 0.170 e. The second-order valence-electron chi connectivity index (χ2n) is 8.26. The summed E-state index contributed by atoms with van der Waals surface area (Å²) >= 11 is 5.85. The van der Waals surface area contributed by atoms with E-state index in [-0.39, 0.29) is 12.1 Å². The molecular weight excluding hydrogens is 352 g/mol. The minimum atomic E-state index is 0.0976. The lowest BCUT2D eigenvalue weighted by atomic mass is 9.95. The van der Waals surface area contributed by atoms with Crippen LogP contribution in [0.3, 0.4) is 0 Å². The summed E-state index contributed by atoms with van der Waals surface area (Å²) < 4.78 is 2.44. The number of rotatable bonds is 4. The van der Waals surface area contributed by atoms with Gasteiger partial charge in [-0.05, 0) is 76.5 Å². The van der Waals surface area contributed by atoms with Crippen LogP contribution in [0.1, 0.15) is 80.3 Å². The molecule has 2 atom stereocenters. The number of hydrogen-bond acceptors (Lipinski definition) is 2. The normalized spacial score (nSPS) is 23.4. The van der Waals surface area contributed by atoms with Crippen molar-refractivity contribution in [2.75, 3.05) is 0 Å². The average Bonchev–Trinajstić information content (AvgIpc) is 3.33. The van der Waals surface area contributed by atoms with Gasteiger partial charge in [0.2, 0.25) is 0 Å². The molecule has 1 saturated carbocycles. The summed E-state index contributed by atoms with van der Waals surface area (Å²) in [5, 5.41) is 4.50. The van der Waals surface area contributed by atoms with E-state index in [1.807, 2.05) is 12.3 Å².